The molecule has 13 heavy (non-hydrogen) atoms. The third-order valence-corrected chi connectivity index (χ3v) is 1.22. The first kappa shape index (κ1) is 14.7. The fourth-order valence-corrected chi connectivity index (χ4v) is 0.409. The third kappa shape index (κ3) is 14.1. The first-order valence-corrected chi connectivity index (χ1v) is 4.00. The topological polar surface area (TPSA) is 127 Å². The number of carboxylic acid groups (broad SMARTS) is 2. The van der Waals surface area contributed by atoms with Crippen LogP contribution in [0, 0.1) is 0 Å². The van der Waals surface area contributed by atoms with Crippen LogP contribution in [-0.4, -0.2) is 40.5 Å². The Balaban J connectivity index is 0. The Kier molecular flexibility index (Phi) is 10.5. The van der Waals surface area contributed by atoms with Gasteiger partial charge in [-0.2, -0.15) is 12.6 Å². The summed E-state index contributed by atoms with van der Waals surface area (Å²) in [6, 6.07) is 0. The largest absolute Gasteiger partial charge is 0.481 e. The summed E-state index contributed by atoms with van der Waals surface area (Å²) in [5.41, 5.74) is 9.81. The van der Waals surface area contributed by atoms with E-state index in [9.17, 15) is 9.59 Å². The fourth-order valence-electron chi connectivity index (χ4n) is 0.253. The van der Waals surface area contributed by atoms with Crippen LogP contribution >= 0.6 is 12.6 Å². The number of thiol groups is 1. The highest BCUT2D eigenvalue weighted by Gasteiger charge is 2.14. The van der Waals surface area contributed by atoms with Crippen LogP contribution in [0.15, 0.2) is 0 Å². The second kappa shape index (κ2) is 9.30. The number of nitrogens with two attached hydrogens (primary N) is 2. The molecular weight excluding hydrogens is 196 g/mol. The maximum absolute atomic E-state index is 9.90. The summed E-state index contributed by atoms with van der Waals surface area (Å²) >= 11 is 3.48. The van der Waals surface area contributed by atoms with E-state index in [1.165, 1.54) is 0 Å². The molecule has 7 heteroatoms. The van der Waals surface area contributed by atoms with Crippen LogP contribution in [0.25, 0.3) is 0 Å². The lowest BCUT2D eigenvalue weighted by atomic mass is 10.3. The highest BCUT2D eigenvalue weighted by Crippen LogP contribution is 1.99. The van der Waals surface area contributed by atoms with E-state index < -0.39 is 23.6 Å². The van der Waals surface area contributed by atoms with Crippen molar-refractivity contribution in [2.24, 2.45) is 11.5 Å². The molecule has 0 aromatic heterocycles. The van der Waals surface area contributed by atoms with Crippen LogP contribution in [0.1, 0.15) is 6.42 Å². The monoisotopic (exact) mass is 210 g/mol. The molecule has 6 nitrogen and oxygen atoms in total. The lowest BCUT2D eigenvalue weighted by molar-refractivity contribution is -0.142. The van der Waals surface area contributed by atoms with Gasteiger partial charge in [-0.1, -0.05) is 0 Å². The van der Waals surface area contributed by atoms with E-state index >= 15 is 0 Å². The van der Waals surface area contributed by atoms with E-state index in [4.69, 9.17) is 21.7 Å². The van der Waals surface area contributed by atoms with E-state index in [0.717, 1.165) is 0 Å². The van der Waals surface area contributed by atoms with Gasteiger partial charge in [-0.25, -0.2) is 0 Å². The van der Waals surface area contributed by atoms with Crippen molar-refractivity contribution >= 4 is 24.6 Å². The van der Waals surface area contributed by atoms with Gasteiger partial charge < -0.3 is 21.7 Å². The molecule has 0 saturated carbocycles. The number of hydrogen-bond donors (Lipinski definition) is 5. The van der Waals surface area contributed by atoms with Crippen molar-refractivity contribution in [1.82, 2.24) is 0 Å². The highest BCUT2D eigenvalue weighted by atomic mass is 32.1. The Morgan fingerprint density at radius 3 is 1.69 bits per heavy atom. The number of hydrogen-bond acceptors (Lipinski definition) is 5. The first-order valence-electron chi connectivity index (χ1n) is 3.48. The summed E-state index contributed by atoms with van der Waals surface area (Å²) in [7, 11) is 0. The van der Waals surface area contributed by atoms with Crippen molar-refractivity contribution in [3.63, 3.8) is 0 Å². The van der Waals surface area contributed by atoms with E-state index in [1.807, 2.05) is 0 Å². The number of carbonyl (C=O) groups is 2. The summed E-state index contributed by atoms with van der Waals surface area (Å²) in [6.45, 7) is 1.19. The minimum atomic E-state index is -1.21. The first-order chi connectivity index (χ1) is 5.95. The standard InChI is InChI=1S/C4H6O4S.C2H8N2/c5-3(6)1-2(9)4(7)8;3-1-2-4/h2,9H,1H2,(H,5,6)(H,7,8);1-4H2. The number of aliphatic carboxylic acids is 2. The minimum Gasteiger partial charge on any atom is -0.481 e. The molecule has 1 atom stereocenters. The maximum atomic E-state index is 9.90. The molecule has 0 aliphatic heterocycles. The molecule has 0 amide bonds. The van der Waals surface area contributed by atoms with Crippen LogP contribution in [-0.2, 0) is 9.59 Å². The average molecular weight is 210 g/mol. The van der Waals surface area contributed by atoms with Gasteiger partial charge >= 0.3 is 11.9 Å². The van der Waals surface area contributed by atoms with E-state index in [0.29, 0.717) is 13.1 Å². The summed E-state index contributed by atoms with van der Waals surface area (Å²) in [4.78, 5) is 19.7. The molecular formula is C6H14N2O4S. The molecule has 0 radical (unpaired) electrons. The van der Waals surface area contributed by atoms with E-state index in [-0.39, 0.29) is 0 Å². The predicted octanol–water partition coefficient (Wildman–Crippen LogP) is -1.25. The van der Waals surface area contributed by atoms with Crippen molar-refractivity contribution < 1.29 is 19.8 Å². The lowest BCUT2D eigenvalue weighted by Gasteiger charge is -1.97. The molecule has 1 unspecified atom stereocenters. The predicted molar refractivity (Wildman–Crippen MR) is 50.8 cm³/mol. The molecule has 0 heterocycles. The summed E-state index contributed by atoms with van der Waals surface area (Å²) in [5.74, 6) is -2.36. The van der Waals surface area contributed by atoms with Crippen LogP contribution in [0.3, 0.4) is 0 Å². The van der Waals surface area contributed by atoms with Crippen molar-refractivity contribution in [3.8, 4) is 0 Å². The molecule has 0 aliphatic rings. The molecule has 0 aliphatic carbocycles. The Morgan fingerprint density at radius 1 is 1.23 bits per heavy atom. The molecule has 78 valence electrons. The Bertz CT molecular complexity index is 163. The highest BCUT2D eigenvalue weighted by molar-refractivity contribution is 7.81. The van der Waals surface area contributed by atoms with Crippen LogP contribution < -0.4 is 11.5 Å². The molecule has 6 N–H and O–H groups in total. The zero-order valence-electron chi connectivity index (χ0n) is 7.01. The molecule has 0 fully saturated rings. The van der Waals surface area contributed by atoms with Gasteiger partial charge in [-0.3, -0.25) is 9.59 Å². The summed E-state index contributed by atoms with van der Waals surface area (Å²) in [5, 5.41) is 15.0. The molecule has 0 saturated heterocycles. The zero-order chi connectivity index (χ0) is 10.9. The van der Waals surface area contributed by atoms with Gasteiger partial charge in [0.05, 0.1) is 6.42 Å². The van der Waals surface area contributed by atoms with Crippen LogP contribution in [0.4, 0.5) is 0 Å². The van der Waals surface area contributed by atoms with Crippen LogP contribution in [0.2, 0.25) is 0 Å². The lowest BCUT2D eigenvalue weighted by Crippen LogP contribution is -2.17. The third-order valence-electron chi connectivity index (χ3n) is 0.820. The zero-order valence-corrected chi connectivity index (χ0v) is 7.91. The quantitative estimate of drug-likeness (QED) is 0.369. The molecule has 0 aromatic rings. The van der Waals surface area contributed by atoms with Crippen molar-refractivity contribution in [2.45, 2.75) is 11.7 Å². The summed E-state index contributed by atoms with van der Waals surface area (Å²) < 4.78 is 0. The minimum absolute atomic E-state index is 0.446. The van der Waals surface area contributed by atoms with Gasteiger partial charge in [0.15, 0.2) is 0 Å². The van der Waals surface area contributed by atoms with Gasteiger partial charge in [-0.05, 0) is 0 Å². The number of carboxylic acids is 2. The Labute approximate surface area is 81.3 Å². The SMILES string of the molecule is NCCN.O=C(O)CC(S)C(=O)O. The van der Waals surface area contributed by atoms with E-state index in [2.05, 4.69) is 12.6 Å². The van der Waals surface area contributed by atoms with Gasteiger partial charge in [0.2, 0.25) is 0 Å². The molecule has 0 aromatic carbocycles. The second-order valence-electron chi connectivity index (χ2n) is 2.03. The average Bonchev–Trinajstić information content (AvgIpc) is 2.03. The van der Waals surface area contributed by atoms with Crippen molar-refractivity contribution in [2.75, 3.05) is 13.1 Å². The van der Waals surface area contributed by atoms with Crippen LogP contribution in [0.5, 0.6) is 0 Å². The Hall–Kier alpha value is -0.790. The normalized spacial score (nSPS) is 11.0. The van der Waals surface area contributed by atoms with E-state index in [1.54, 1.807) is 0 Å². The molecule has 0 bridgehead atoms. The number of rotatable bonds is 4. The Morgan fingerprint density at radius 2 is 1.62 bits per heavy atom. The summed E-state index contributed by atoms with van der Waals surface area (Å²) in [6.07, 6.45) is -0.446. The van der Waals surface area contributed by atoms with Crippen molar-refractivity contribution in [3.05, 3.63) is 0 Å². The van der Waals surface area contributed by atoms with Crippen molar-refractivity contribution in [1.29, 1.82) is 0 Å². The maximum Gasteiger partial charge on any atom is 0.316 e. The van der Waals surface area contributed by atoms with Gasteiger partial charge in [0.1, 0.15) is 5.25 Å². The van der Waals surface area contributed by atoms with Gasteiger partial charge in [0.25, 0.3) is 0 Å². The second-order valence-corrected chi connectivity index (χ2v) is 2.65. The van der Waals surface area contributed by atoms with Gasteiger partial charge in [-0.15, -0.1) is 0 Å². The molecule has 0 rings (SSSR count). The van der Waals surface area contributed by atoms with Gasteiger partial charge in [0, 0.05) is 13.1 Å². The molecule has 0 spiro atoms. The smallest absolute Gasteiger partial charge is 0.316 e. The fraction of sp³-hybridized carbons (Fsp3) is 0.667.